The third kappa shape index (κ3) is 6.17. The van der Waals surface area contributed by atoms with Crippen LogP contribution in [0.5, 0.6) is 5.75 Å². The minimum atomic E-state index is -0.252. The number of aryl methyl sites for hydroxylation is 1. The molecule has 6 nitrogen and oxygen atoms in total. The van der Waals surface area contributed by atoms with Crippen molar-refractivity contribution in [3.8, 4) is 5.75 Å². The van der Waals surface area contributed by atoms with Crippen LogP contribution < -0.4 is 15.4 Å². The van der Waals surface area contributed by atoms with E-state index in [-0.39, 0.29) is 5.91 Å². The third-order valence-corrected chi connectivity index (χ3v) is 4.12. The van der Waals surface area contributed by atoms with E-state index in [9.17, 15) is 4.79 Å². The number of pyridine rings is 1. The van der Waals surface area contributed by atoms with Crippen LogP contribution in [0.3, 0.4) is 0 Å². The Hall–Kier alpha value is -3.67. The summed E-state index contributed by atoms with van der Waals surface area (Å²) in [6, 6.07) is 18.7. The van der Waals surface area contributed by atoms with Gasteiger partial charge >= 0.3 is 0 Å². The van der Waals surface area contributed by atoms with E-state index >= 15 is 0 Å². The summed E-state index contributed by atoms with van der Waals surface area (Å²) in [4.78, 5) is 21.3. The van der Waals surface area contributed by atoms with E-state index in [1.807, 2.05) is 50.2 Å². The minimum absolute atomic E-state index is 0.252. The van der Waals surface area contributed by atoms with Crippen molar-refractivity contribution in [2.24, 2.45) is 4.99 Å². The van der Waals surface area contributed by atoms with E-state index in [0.29, 0.717) is 24.7 Å². The molecule has 0 unspecified atom stereocenters. The number of nitrogens with one attached hydrogen (secondary N) is 2. The van der Waals surface area contributed by atoms with Gasteiger partial charge in [0, 0.05) is 23.6 Å². The van der Waals surface area contributed by atoms with Crippen molar-refractivity contribution in [1.29, 1.82) is 0 Å². The molecule has 0 aliphatic heterocycles. The lowest BCUT2D eigenvalue weighted by Gasteiger charge is -2.12. The number of ether oxygens (including phenoxy) is 1. The maximum absolute atomic E-state index is 12.7. The van der Waals surface area contributed by atoms with Gasteiger partial charge in [-0.2, -0.15) is 0 Å². The lowest BCUT2D eigenvalue weighted by atomic mass is 10.2. The maximum atomic E-state index is 12.7. The van der Waals surface area contributed by atoms with Gasteiger partial charge in [-0.1, -0.05) is 23.8 Å². The molecule has 1 heterocycles. The summed E-state index contributed by atoms with van der Waals surface area (Å²) in [5.74, 6) is 0.849. The Balaban J connectivity index is 1.75. The predicted octanol–water partition coefficient (Wildman–Crippen LogP) is 4.19. The fourth-order valence-electron chi connectivity index (χ4n) is 2.59. The van der Waals surface area contributed by atoms with Crippen LogP contribution in [-0.2, 0) is 6.54 Å². The molecule has 29 heavy (non-hydrogen) atoms. The van der Waals surface area contributed by atoms with E-state index in [1.165, 1.54) is 0 Å². The molecule has 0 aliphatic carbocycles. The summed E-state index contributed by atoms with van der Waals surface area (Å²) >= 11 is 0. The number of benzene rings is 2. The fraction of sp³-hybridized carbons (Fsp3) is 0.174. The monoisotopic (exact) mass is 388 g/mol. The van der Waals surface area contributed by atoms with Crippen LogP contribution in [0.15, 0.2) is 78.0 Å². The first-order valence-electron chi connectivity index (χ1n) is 9.45. The number of amides is 1. The quantitative estimate of drug-likeness (QED) is 0.490. The van der Waals surface area contributed by atoms with Crippen LogP contribution in [0.25, 0.3) is 0 Å². The normalized spacial score (nSPS) is 11.0. The third-order valence-electron chi connectivity index (χ3n) is 4.12. The van der Waals surface area contributed by atoms with Crippen molar-refractivity contribution in [2.45, 2.75) is 20.4 Å². The van der Waals surface area contributed by atoms with Gasteiger partial charge < -0.3 is 10.1 Å². The zero-order valence-corrected chi connectivity index (χ0v) is 16.6. The van der Waals surface area contributed by atoms with Gasteiger partial charge in [0.1, 0.15) is 5.75 Å². The standard InChI is InChI=1S/C23H24N4O2/c1-3-29-21-12-8-19(9-13-21)22(28)27-23(25-16-18-5-4-14-24-15-18)26-20-10-6-17(2)7-11-20/h4-15H,3,16H2,1-2H3,(H2,25,26,27,28). The Kier molecular flexibility index (Phi) is 6.95. The predicted molar refractivity (Wildman–Crippen MR) is 115 cm³/mol. The molecule has 0 spiro atoms. The van der Waals surface area contributed by atoms with Crippen LogP contribution in [0.1, 0.15) is 28.4 Å². The molecule has 0 aliphatic rings. The molecule has 1 amide bonds. The van der Waals surface area contributed by atoms with Gasteiger partial charge in [-0.05, 0) is 61.9 Å². The van der Waals surface area contributed by atoms with Gasteiger partial charge in [0.2, 0.25) is 5.96 Å². The van der Waals surface area contributed by atoms with Crippen LogP contribution in [0, 0.1) is 6.92 Å². The van der Waals surface area contributed by atoms with Crippen molar-refractivity contribution in [3.63, 3.8) is 0 Å². The average Bonchev–Trinajstić information content (AvgIpc) is 2.75. The second-order valence-corrected chi connectivity index (χ2v) is 6.43. The smallest absolute Gasteiger partial charge is 0.257 e. The first kappa shape index (κ1) is 20.1. The van der Waals surface area contributed by atoms with E-state index < -0.39 is 0 Å². The minimum Gasteiger partial charge on any atom is -0.494 e. The lowest BCUT2D eigenvalue weighted by molar-refractivity contribution is 0.0977. The topological polar surface area (TPSA) is 75.6 Å². The summed E-state index contributed by atoms with van der Waals surface area (Å²) in [7, 11) is 0. The highest BCUT2D eigenvalue weighted by molar-refractivity contribution is 6.10. The van der Waals surface area contributed by atoms with Crippen molar-refractivity contribution in [3.05, 3.63) is 89.7 Å². The number of carbonyl (C=O) groups is 1. The molecule has 3 rings (SSSR count). The highest BCUT2D eigenvalue weighted by atomic mass is 16.5. The van der Waals surface area contributed by atoms with Crippen molar-refractivity contribution in [2.75, 3.05) is 11.9 Å². The number of guanidine groups is 1. The van der Waals surface area contributed by atoms with Gasteiger partial charge in [0.05, 0.1) is 13.2 Å². The van der Waals surface area contributed by atoms with Gasteiger partial charge in [0.15, 0.2) is 0 Å². The number of aromatic nitrogens is 1. The highest BCUT2D eigenvalue weighted by Gasteiger charge is 2.10. The summed E-state index contributed by atoms with van der Waals surface area (Å²) < 4.78 is 5.42. The zero-order valence-electron chi connectivity index (χ0n) is 16.6. The first-order chi connectivity index (χ1) is 14.1. The second kappa shape index (κ2) is 10.0. The van der Waals surface area contributed by atoms with Crippen molar-refractivity contribution >= 4 is 17.6 Å². The lowest BCUT2D eigenvalue weighted by Crippen LogP contribution is -2.36. The summed E-state index contributed by atoms with van der Waals surface area (Å²) in [5.41, 5.74) is 3.47. The van der Waals surface area contributed by atoms with E-state index in [1.54, 1.807) is 36.7 Å². The van der Waals surface area contributed by atoms with Gasteiger partial charge in [-0.3, -0.25) is 15.1 Å². The number of hydrogen-bond donors (Lipinski definition) is 2. The van der Waals surface area contributed by atoms with E-state index in [4.69, 9.17) is 4.74 Å². The molecule has 148 valence electrons. The van der Waals surface area contributed by atoms with Gasteiger partial charge in [-0.25, -0.2) is 4.99 Å². The van der Waals surface area contributed by atoms with Crippen LogP contribution in [-0.4, -0.2) is 23.5 Å². The highest BCUT2D eigenvalue weighted by Crippen LogP contribution is 2.13. The number of rotatable bonds is 6. The molecule has 1 aromatic heterocycles. The SMILES string of the molecule is CCOc1ccc(C(=O)NC(=NCc2cccnc2)Nc2ccc(C)cc2)cc1. The van der Waals surface area contributed by atoms with E-state index in [2.05, 4.69) is 20.6 Å². The summed E-state index contributed by atoms with van der Waals surface area (Å²) in [6.07, 6.45) is 3.47. The van der Waals surface area contributed by atoms with Crippen LogP contribution >= 0.6 is 0 Å². The molecule has 0 saturated heterocycles. The Morgan fingerprint density at radius 3 is 2.48 bits per heavy atom. The Morgan fingerprint density at radius 2 is 1.83 bits per heavy atom. The van der Waals surface area contributed by atoms with Crippen LogP contribution in [0.4, 0.5) is 5.69 Å². The Morgan fingerprint density at radius 1 is 1.07 bits per heavy atom. The number of hydrogen-bond acceptors (Lipinski definition) is 4. The zero-order chi connectivity index (χ0) is 20.5. The summed E-state index contributed by atoms with van der Waals surface area (Å²) in [5, 5.41) is 6.04. The molecule has 0 radical (unpaired) electrons. The van der Waals surface area contributed by atoms with Crippen molar-refractivity contribution < 1.29 is 9.53 Å². The second-order valence-electron chi connectivity index (χ2n) is 6.43. The largest absolute Gasteiger partial charge is 0.494 e. The molecule has 0 bridgehead atoms. The molecule has 2 N–H and O–H groups in total. The van der Waals surface area contributed by atoms with Gasteiger partial charge in [0.25, 0.3) is 5.91 Å². The van der Waals surface area contributed by atoms with Gasteiger partial charge in [-0.15, -0.1) is 0 Å². The molecule has 3 aromatic rings. The van der Waals surface area contributed by atoms with Crippen LogP contribution in [0.2, 0.25) is 0 Å². The number of anilines is 1. The maximum Gasteiger partial charge on any atom is 0.257 e. The Bertz CT molecular complexity index is 952. The molecule has 0 fully saturated rings. The molecule has 0 atom stereocenters. The fourth-order valence-corrected chi connectivity index (χ4v) is 2.59. The molecular weight excluding hydrogens is 364 g/mol. The first-order valence-corrected chi connectivity index (χ1v) is 9.45. The van der Waals surface area contributed by atoms with E-state index in [0.717, 1.165) is 22.6 Å². The number of aliphatic imine (C=N–C) groups is 1. The Labute approximate surface area is 170 Å². The summed E-state index contributed by atoms with van der Waals surface area (Å²) in [6.45, 7) is 4.92. The molecular formula is C23H24N4O2. The van der Waals surface area contributed by atoms with Crippen molar-refractivity contribution in [1.82, 2.24) is 10.3 Å². The molecule has 0 saturated carbocycles. The molecule has 2 aromatic carbocycles. The molecule has 6 heteroatoms. The number of nitrogens with zero attached hydrogens (tertiary/aromatic N) is 2. The number of carbonyl (C=O) groups excluding carboxylic acids is 1. The average molecular weight is 388 g/mol.